The van der Waals surface area contributed by atoms with Crippen molar-refractivity contribution in [2.75, 3.05) is 25.1 Å². The Morgan fingerprint density at radius 1 is 1.09 bits per heavy atom. The highest BCUT2D eigenvalue weighted by atomic mass is 16.5. The van der Waals surface area contributed by atoms with Crippen molar-refractivity contribution in [2.24, 2.45) is 0 Å². The number of Topliss-reactive ketones (excluding diaryl/α,β-unsaturated/α-hetero) is 1. The van der Waals surface area contributed by atoms with E-state index in [9.17, 15) is 14.4 Å². The first-order valence-corrected chi connectivity index (χ1v) is 7.82. The van der Waals surface area contributed by atoms with Gasteiger partial charge >= 0.3 is 11.8 Å². The molecule has 0 aromatic heterocycles. The van der Waals surface area contributed by atoms with Crippen LogP contribution in [0.25, 0.3) is 0 Å². The average molecular weight is 320 g/mol. The molecule has 0 atom stereocenters. The number of unbranched alkanes of at least 4 members (excludes halogenated alkanes) is 1. The zero-order chi connectivity index (χ0) is 17.1. The number of nitrogens with one attached hydrogen (secondary N) is 2. The molecule has 2 N–H and O–H groups in total. The smallest absolute Gasteiger partial charge is 0.313 e. The van der Waals surface area contributed by atoms with Crippen molar-refractivity contribution in [3.05, 3.63) is 29.8 Å². The Morgan fingerprint density at radius 3 is 2.52 bits per heavy atom. The lowest BCUT2D eigenvalue weighted by molar-refractivity contribution is -0.136. The van der Waals surface area contributed by atoms with E-state index >= 15 is 0 Å². The molecule has 6 heteroatoms. The minimum Gasteiger partial charge on any atom is -0.381 e. The SMILES string of the molecule is CCCCOCCCNC(=O)C(=O)Nc1cccc(C(C)=O)c1. The van der Waals surface area contributed by atoms with Crippen LogP contribution in [0.3, 0.4) is 0 Å². The summed E-state index contributed by atoms with van der Waals surface area (Å²) in [5, 5.41) is 5.00. The summed E-state index contributed by atoms with van der Waals surface area (Å²) in [6.07, 6.45) is 2.76. The lowest BCUT2D eigenvalue weighted by Crippen LogP contribution is -2.36. The minimum absolute atomic E-state index is 0.103. The molecule has 0 fully saturated rings. The fourth-order valence-electron chi connectivity index (χ4n) is 1.81. The number of carbonyl (C=O) groups is 3. The van der Waals surface area contributed by atoms with E-state index in [0.29, 0.717) is 30.8 Å². The Balaban J connectivity index is 2.30. The van der Waals surface area contributed by atoms with Crippen molar-refractivity contribution < 1.29 is 19.1 Å². The summed E-state index contributed by atoms with van der Waals surface area (Å²) < 4.78 is 5.36. The number of ether oxygens (including phenoxy) is 1. The molecule has 126 valence electrons. The van der Waals surface area contributed by atoms with E-state index in [1.54, 1.807) is 18.2 Å². The number of carbonyl (C=O) groups excluding carboxylic acids is 3. The lowest BCUT2D eigenvalue weighted by atomic mass is 10.1. The van der Waals surface area contributed by atoms with Gasteiger partial charge < -0.3 is 15.4 Å². The van der Waals surface area contributed by atoms with Crippen molar-refractivity contribution in [3.63, 3.8) is 0 Å². The molecule has 2 amide bonds. The molecule has 0 radical (unpaired) electrons. The van der Waals surface area contributed by atoms with Crippen LogP contribution in [0.1, 0.15) is 43.5 Å². The third-order valence-electron chi connectivity index (χ3n) is 3.13. The van der Waals surface area contributed by atoms with Gasteiger partial charge in [-0.1, -0.05) is 25.5 Å². The van der Waals surface area contributed by atoms with E-state index in [1.807, 2.05) is 0 Å². The predicted octanol–water partition coefficient (Wildman–Crippen LogP) is 2.15. The number of amides is 2. The van der Waals surface area contributed by atoms with Gasteiger partial charge in [-0.2, -0.15) is 0 Å². The van der Waals surface area contributed by atoms with Crippen molar-refractivity contribution in [1.29, 1.82) is 0 Å². The molecule has 0 aliphatic heterocycles. The van der Waals surface area contributed by atoms with Crippen LogP contribution in [0.2, 0.25) is 0 Å². The number of hydrogen-bond donors (Lipinski definition) is 2. The van der Waals surface area contributed by atoms with Crippen LogP contribution in [0.5, 0.6) is 0 Å². The molecule has 6 nitrogen and oxygen atoms in total. The Kier molecular flexibility index (Phi) is 8.60. The number of benzene rings is 1. The first-order valence-electron chi connectivity index (χ1n) is 7.82. The van der Waals surface area contributed by atoms with Crippen molar-refractivity contribution >= 4 is 23.3 Å². The van der Waals surface area contributed by atoms with Crippen molar-refractivity contribution in [1.82, 2.24) is 5.32 Å². The second-order valence-corrected chi connectivity index (χ2v) is 5.17. The molecule has 1 aromatic carbocycles. The third kappa shape index (κ3) is 7.56. The molecule has 1 rings (SSSR count). The van der Waals surface area contributed by atoms with Crippen LogP contribution in [0, 0.1) is 0 Å². The molecule has 0 saturated heterocycles. The topological polar surface area (TPSA) is 84.5 Å². The summed E-state index contributed by atoms with van der Waals surface area (Å²) in [4.78, 5) is 34.7. The molecule has 0 unspecified atom stereocenters. The molecule has 0 spiro atoms. The fraction of sp³-hybridized carbons (Fsp3) is 0.471. The maximum atomic E-state index is 11.8. The van der Waals surface area contributed by atoms with Gasteiger partial charge in [0.1, 0.15) is 0 Å². The molecule has 0 bridgehead atoms. The molecule has 0 saturated carbocycles. The van der Waals surface area contributed by atoms with E-state index in [0.717, 1.165) is 19.4 Å². The summed E-state index contributed by atoms with van der Waals surface area (Å²) in [7, 11) is 0. The highest BCUT2D eigenvalue weighted by Crippen LogP contribution is 2.10. The molecular weight excluding hydrogens is 296 g/mol. The Labute approximate surface area is 136 Å². The maximum absolute atomic E-state index is 11.8. The van der Waals surface area contributed by atoms with Crippen LogP contribution in [0.15, 0.2) is 24.3 Å². The number of rotatable bonds is 9. The molecular formula is C17H24N2O4. The Bertz CT molecular complexity index is 543. The zero-order valence-electron chi connectivity index (χ0n) is 13.7. The molecule has 23 heavy (non-hydrogen) atoms. The monoisotopic (exact) mass is 320 g/mol. The van der Waals surface area contributed by atoms with Gasteiger partial charge in [-0.05, 0) is 31.9 Å². The zero-order valence-corrected chi connectivity index (χ0v) is 13.7. The summed E-state index contributed by atoms with van der Waals surface area (Å²) in [6, 6.07) is 6.46. The van der Waals surface area contributed by atoms with Gasteiger partial charge in [-0.15, -0.1) is 0 Å². The van der Waals surface area contributed by atoms with Crippen LogP contribution in [0.4, 0.5) is 5.69 Å². The molecule has 0 aliphatic rings. The van der Waals surface area contributed by atoms with Gasteiger partial charge in [0.2, 0.25) is 0 Å². The highest BCUT2D eigenvalue weighted by Gasteiger charge is 2.13. The summed E-state index contributed by atoms with van der Waals surface area (Å²) in [5.41, 5.74) is 0.896. The normalized spacial score (nSPS) is 10.2. The maximum Gasteiger partial charge on any atom is 0.313 e. The second kappa shape index (κ2) is 10.5. The van der Waals surface area contributed by atoms with E-state index in [2.05, 4.69) is 17.6 Å². The quantitative estimate of drug-likeness (QED) is 0.415. The number of anilines is 1. The van der Waals surface area contributed by atoms with Gasteiger partial charge in [0.05, 0.1) is 0 Å². The number of hydrogen-bond acceptors (Lipinski definition) is 4. The standard InChI is InChI=1S/C17H24N2O4/c1-3-4-10-23-11-6-9-18-16(21)17(22)19-15-8-5-7-14(12-15)13(2)20/h5,7-8,12H,3-4,6,9-11H2,1-2H3,(H,18,21)(H,19,22). The summed E-state index contributed by atoms with van der Waals surface area (Å²) >= 11 is 0. The largest absolute Gasteiger partial charge is 0.381 e. The first-order chi connectivity index (χ1) is 11.0. The fourth-order valence-corrected chi connectivity index (χ4v) is 1.81. The van der Waals surface area contributed by atoms with E-state index in [1.165, 1.54) is 13.0 Å². The predicted molar refractivity (Wildman–Crippen MR) is 88.4 cm³/mol. The first kappa shape index (κ1) is 18.8. The van der Waals surface area contributed by atoms with Gasteiger partial charge in [-0.3, -0.25) is 14.4 Å². The lowest BCUT2D eigenvalue weighted by Gasteiger charge is -2.07. The summed E-state index contributed by atoms with van der Waals surface area (Å²) in [5.74, 6) is -1.56. The average Bonchev–Trinajstić information content (AvgIpc) is 2.54. The highest BCUT2D eigenvalue weighted by molar-refractivity contribution is 6.39. The van der Waals surface area contributed by atoms with Crippen LogP contribution in [-0.2, 0) is 14.3 Å². The van der Waals surface area contributed by atoms with Crippen LogP contribution >= 0.6 is 0 Å². The number of ketones is 1. The van der Waals surface area contributed by atoms with Gasteiger partial charge in [-0.25, -0.2) is 0 Å². The molecule has 0 heterocycles. The van der Waals surface area contributed by atoms with E-state index in [4.69, 9.17) is 4.74 Å². The van der Waals surface area contributed by atoms with Gasteiger partial charge in [0.25, 0.3) is 0 Å². The van der Waals surface area contributed by atoms with Crippen molar-refractivity contribution in [2.45, 2.75) is 33.1 Å². The summed E-state index contributed by atoms with van der Waals surface area (Å²) in [6.45, 7) is 5.19. The van der Waals surface area contributed by atoms with Gasteiger partial charge in [0, 0.05) is 31.0 Å². The molecule has 1 aromatic rings. The molecule has 0 aliphatic carbocycles. The van der Waals surface area contributed by atoms with E-state index < -0.39 is 11.8 Å². The third-order valence-corrected chi connectivity index (χ3v) is 3.13. The van der Waals surface area contributed by atoms with Crippen molar-refractivity contribution in [3.8, 4) is 0 Å². The van der Waals surface area contributed by atoms with Gasteiger partial charge in [0.15, 0.2) is 5.78 Å². The van der Waals surface area contributed by atoms with Crippen LogP contribution in [-0.4, -0.2) is 37.4 Å². The second-order valence-electron chi connectivity index (χ2n) is 5.17. The Morgan fingerprint density at radius 2 is 1.83 bits per heavy atom. The Hall–Kier alpha value is -2.21. The van der Waals surface area contributed by atoms with E-state index in [-0.39, 0.29) is 5.78 Å². The minimum atomic E-state index is -0.752. The van der Waals surface area contributed by atoms with Crippen LogP contribution < -0.4 is 10.6 Å².